The van der Waals surface area contributed by atoms with Crippen LogP contribution in [0.3, 0.4) is 0 Å². The Bertz CT molecular complexity index is 1300. The van der Waals surface area contributed by atoms with E-state index in [0.717, 1.165) is 21.4 Å². The largest absolute Gasteiger partial charge is 0.458 e. The molecule has 1 saturated heterocycles. The molecule has 0 spiro atoms. The molecular formula is C19H19FN4O5S2. The summed E-state index contributed by atoms with van der Waals surface area (Å²) in [5, 5.41) is 4.90. The second kappa shape index (κ2) is 8.44. The van der Waals surface area contributed by atoms with Crippen LogP contribution in [0.15, 0.2) is 40.0 Å². The Morgan fingerprint density at radius 1 is 1.35 bits per heavy atom. The van der Waals surface area contributed by atoms with Crippen LogP contribution in [0.25, 0.3) is 4.96 Å². The highest BCUT2D eigenvalue weighted by Gasteiger charge is 2.41. The number of aromatic nitrogens is 3. The highest BCUT2D eigenvalue weighted by molar-refractivity contribution is 7.89. The Balaban J connectivity index is 1.51. The molecule has 1 aliphatic heterocycles. The molecule has 4 rings (SSSR count). The summed E-state index contributed by atoms with van der Waals surface area (Å²) in [6, 6.07) is 5.19. The SMILES string of the molecule is CCc1nn2c(=O)cc(COC(=O)[C@H]3CCCN3S(=O)(=O)c3ccccc3F)nc2s1. The van der Waals surface area contributed by atoms with Crippen LogP contribution in [0.5, 0.6) is 0 Å². The molecule has 0 N–H and O–H groups in total. The van der Waals surface area contributed by atoms with Gasteiger partial charge in [0.05, 0.1) is 5.69 Å². The maximum atomic E-state index is 14.1. The van der Waals surface area contributed by atoms with Crippen molar-refractivity contribution in [2.24, 2.45) is 0 Å². The molecule has 1 fully saturated rings. The number of rotatable bonds is 6. The first-order chi connectivity index (χ1) is 14.8. The number of sulfonamides is 1. The van der Waals surface area contributed by atoms with Gasteiger partial charge in [0, 0.05) is 12.6 Å². The minimum Gasteiger partial charge on any atom is -0.458 e. The molecule has 0 amide bonds. The zero-order chi connectivity index (χ0) is 22.2. The molecular weight excluding hydrogens is 447 g/mol. The average Bonchev–Trinajstić information content (AvgIpc) is 3.40. The minimum atomic E-state index is -4.20. The van der Waals surface area contributed by atoms with Gasteiger partial charge in [-0.3, -0.25) is 9.59 Å². The molecule has 1 atom stereocenters. The second-order valence-electron chi connectivity index (χ2n) is 6.94. The van der Waals surface area contributed by atoms with Crippen LogP contribution in [0.1, 0.15) is 30.5 Å². The lowest BCUT2D eigenvalue weighted by Crippen LogP contribution is -2.41. The van der Waals surface area contributed by atoms with E-state index in [0.29, 0.717) is 17.8 Å². The molecule has 164 valence electrons. The van der Waals surface area contributed by atoms with Crippen molar-refractivity contribution in [1.29, 1.82) is 0 Å². The number of carbonyl (C=O) groups is 1. The van der Waals surface area contributed by atoms with Gasteiger partial charge >= 0.3 is 5.97 Å². The standard InChI is InChI=1S/C19H19FN4O5S2/c1-2-16-22-24-17(25)10-12(21-19(24)30-16)11-29-18(26)14-7-5-9-23(14)31(27,28)15-8-4-3-6-13(15)20/h3-4,6,8,10,14H,2,5,7,9,11H2,1H3/t14-/m1/s1. The molecule has 3 heterocycles. The Kier molecular flexibility index (Phi) is 5.86. The zero-order valence-electron chi connectivity index (χ0n) is 16.5. The summed E-state index contributed by atoms with van der Waals surface area (Å²) in [5.74, 6) is -1.64. The quantitative estimate of drug-likeness (QED) is 0.509. The maximum absolute atomic E-state index is 14.1. The Morgan fingerprint density at radius 3 is 2.87 bits per heavy atom. The molecule has 0 unspecified atom stereocenters. The fourth-order valence-corrected chi connectivity index (χ4v) is 5.97. The van der Waals surface area contributed by atoms with Gasteiger partial charge in [0.15, 0.2) is 0 Å². The van der Waals surface area contributed by atoms with Crippen molar-refractivity contribution in [2.45, 2.75) is 43.7 Å². The minimum absolute atomic E-state index is 0.0860. The summed E-state index contributed by atoms with van der Waals surface area (Å²) in [7, 11) is -4.20. The number of esters is 1. The number of nitrogens with zero attached hydrogens (tertiary/aromatic N) is 4. The molecule has 0 aliphatic carbocycles. The van der Waals surface area contributed by atoms with E-state index >= 15 is 0 Å². The predicted octanol–water partition coefficient (Wildman–Crippen LogP) is 1.75. The van der Waals surface area contributed by atoms with E-state index in [2.05, 4.69) is 10.1 Å². The van der Waals surface area contributed by atoms with E-state index in [9.17, 15) is 22.4 Å². The third kappa shape index (κ3) is 4.10. The van der Waals surface area contributed by atoms with Gasteiger partial charge in [0.2, 0.25) is 15.0 Å². The smallest absolute Gasteiger partial charge is 0.324 e. The fourth-order valence-electron chi connectivity index (χ4n) is 3.40. The highest BCUT2D eigenvalue weighted by atomic mass is 32.2. The summed E-state index contributed by atoms with van der Waals surface area (Å²) < 4.78 is 47.3. The average molecular weight is 467 g/mol. The normalized spacial score (nSPS) is 17.3. The van der Waals surface area contributed by atoms with Crippen LogP contribution in [-0.4, -0.2) is 45.9 Å². The number of benzene rings is 1. The van der Waals surface area contributed by atoms with Gasteiger partial charge in [-0.1, -0.05) is 30.4 Å². The van der Waals surface area contributed by atoms with Gasteiger partial charge in [-0.25, -0.2) is 17.8 Å². The van der Waals surface area contributed by atoms with Crippen molar-refractivity contribution in [3.8, 4) is 0 Å². The lowest BCUT2D eigenvalue weighted by atomic mass is 10.2. The predicted molar refractivity (Wildman–Crippen MR) is 110 cm³/mol. The highest BCUT2D eigenvalue weighted by Crippen LogP contribution is 2.28. The fraction of sp³-hybridized carbons (Fsp3) is 0.368. The summed E-state index contributed by atoms with van der Waals surface area (Å²) in [6.07, 6.45) is 1.36. The Labute approximate surface area is 181 Å². The van der Waals surface area contributed by atoms with Gasteiger partial charge in [-0.05, 0) is 31.4 Å². The van der Waals surface area contributed by atoms with E-state index in [1.165, 1.54) is 34.1 Å². The first kappa shape index (κ1) is 21.5. The summed E-state index contributed by atoms with van der Waals surface area (Å²) in [6.45, 7) is 1.71. The first-order valence-electron chi connectivity index (χ1n) is 9.63. The third-order valence-electron chi connectivity index (χ3n) is 4.90. The van der Waals surface area contributed by atoms with Crippen molar-refractivity contribution >= 4 is 32.3 Å². The monoisotopic (exact) mass is 466 g/mol. The van der Waals surface area contributed by atoms with Gasteiger partial charge in [-0.2, -0.15) is 13.9 Å². The molecule has 9 nitrogen and oxygen atoms in total. The first-order valence-corrected chi connectivity index (χ1v) is 11.9. The molecule has 31 heavy (non-hydrogen) atoms. The second-order valence-corrected chi connectivity index (χ2v) is 9.84. The van der Waals surface area contributed by atoms with Crippen LogP contribution < -0.4 is 5.56 Å². The van der Waals surface area contributed by atoms with E-state index in [1.54, 1.807) is 0 Å². The Morgan fingerprint density at radius 2 is 2.13 bits per heavy atom. The lowest BCUT2D eigenvalue weighted by molar-refractivity contribution is -0.148. The third-order valence-corrected chi connectivity index (χ3v) is 7.90. The van der Waals surface area contributed by atoms with E-state index in [4.69, 9.17) is 4.74 Å². The molecule has 1 aliphatic rings. The molecule has 0 radical (unpaired) electrons. The molecule has 2 aromatic heterocycles. The number of hydrogen-bond donors (Lipinski definition) is 0. The van der Waals surface area contributed by atoms with Gasteiger partial charge in [0.25, 0.3) is 5.56 Å². The molecule has 12 heteroatoms. The number of fused-ring (bicyclic) bond motifs is 1. The molecule has 1 aromatic carbocycles. The van der Waals surface area contributed by atoms with Crippen LogP contribution in [0, 0.1) is 5.82 Å². The zero-order valence-corrected chi connectivity index (χ0v) is 18.2. The van der Waals surface area contributed by atoms with Crippen LogP contribution in [-0.2, 0) is 32.6 Å². The topological polar surface area (TPSA) is 111 Å². The van der Waals surface area contributed by atoms with Crippen molar-refractivity contribution < 1.29 is 22.3 Å². The number of ether oxygens (including phenoxy) is 1. The van der Waals surface area contributed by atoms with E-state index in [-0.39, 0.29) is 25.3 Å². The Hall–Kier alpha value is -2.70. The van der Waals surface area contributed by atoms with Crippen molar-refractivity contribution in [1.82, 2.24) is 18.9 Å². The number of hydrogen-bond acceptors (Lipinski definition) is 8. The van der Waals surface area contributed by atoms with Crippen LogP contribution >= 0.6 is 11.3 Å². The van der Waals surface area contributed by atoms with E-state index in [1.807, 2.05) is 6.92 Å². The van der Waals surface area contributed by atoms with Crippen LogP contribution in [0.4, 0.5) is 4.39 Å². The number of halogens is 1. The van der Waals surface area contributed by atoms with Crippen molar-refractivity contribution in [2.75, 3.05) is 6.54 Å². The lowest BCUT2D eigenvalue weighted by Gasteiger charge is -2.22. The van der Waals surface area contributed by atoms with Gasteiger partial charge in [0.1, 0.15) is 28.4 Å². The van der Waals surface area contributed by atoms with Crippen LogP contribution in [0.2, 0.25) is 0 Å². The van der Waals surface area contributed by atoms with Crippen molar-refractivity contribution in [3.63, 3.8) is 0 Å². The molecule has 0 bridgehead atoms. The number of aryl methyl sites for hydroxylation is 1. The molecule has 3 aromatic rings. The summed E-state index contributed by atoms with van der Waals surface area (Å²) in [4.78, 5) is 29.1. The molecule has 0 saturated carbocycles. The van der Waals surface area contributed by atoms with E-state index < -0.39 is 38.3 Å². The van der Waals surface area contributed by atoms with Crippen molar-refractivity contribution in [3.05, 3.63) is 57.2 Å². The summed E-state index contributed by atoms with van der Waals surface area (Å²) >= 11 is 1.27. The maximum Gasteiger partial charge on any atom is 0.324 e. The van der Waals surface area contributed by atoms with Gasteiger partial charge in [-0.15, -0.1) is 0 Å². The summed E-state index contributed by atoms with van der Waals surface area (Å²) in [5.41, 5.74) is -0.150. The van der Waals surface area contributed by atoms with Gasteiger partial charge < -0.3 is 4.74 Å². The number of carbonyl (C=O) groups excluding carboxylic acids is 1.